The zero-order valence-corrected chi connectivity index (χ0v) is 21.5. The third-order valence-corrected chi connectivity index (χ3v) is 8.27. The summed E-state index contributed by atoms with van der Waals surface area (Å²) in [6.45, 7) is 10.7. The molecule has 3 heterocycles. The summed E-state index contributed by atoms with van der Waals surface area (Å²) in [5.41, 5.74) is 2.63. The molecule has 0 amide bonds. The van der Waals surface area contributed by atoms with Crippen LogP contribution in [0, 0.1) is 17.0 Å². The Kier molecular flexibility index (Phi) is 5.07. The first-order valence-corrected chi connectivity index (χ1v) is 12.5. The highest BCUT2D eigenvalue weighted by Crippen LogP contribution is 2.69. The minimum absolute atomic E-state index is 0.143. The van der Waals surface area contributed by atoms with Crippen molar-refractivity contribution in [1.82, 2.24) is 30.1 Å². The lowest BCUT2D eigenvalue weighted by Crippen LogP contribution is -2.38. The van der Waals surface area contributed by atoms with E-state index in [0.29, 0.717) is 5.82 Å². The van der Waals surface area contributed by atoms with Crippen LogP contribution in [-0.2, 0) is 10.8 Å². The molecule has 0 aliphatic heterocycles. The fourth-order valence-corrected chi connectivity index (χ4v) is 6.32. The van der Waals surface area contributed by atoms with E-state index in [1.54, 1.807) is 18.6 Å². The van der Waals surface area contributed by atoms with Crippen molar-refractivity contribution in [2.24, 2.45) is 5.41 Å². The van der Waals surface area contributed by atoms with Crippen LogP contribution in [0.5, 0.6) is 0 Å². The van der Waals surface area contributed by atoms with E-state index in [9.17, 15) is 8.78 Å². The molecular weight excluding hydrogens is 470 g/mol. The second kappa shape index (κ2) is 7.91. The molecule has 2 aliphatic carbocycles. The molecule has 8 heteroatoms. The molecule has 1 aromatic carbocycles. The van der Waals surface area contributed by atoms with Crippen molar-refractivity contribution in [3.63, 3.8) is 0 Å². The van der Waals surface area contributed by atoms with Gasteiger partial charge < -0.3 is 0 Å². The van der Waals surface area contributed by atoms with Crippen molar-refractivity contribution in [2.75, 3.05) is 0 Å². The molecule has 1 saturated carbocycles. The van der Waals surface area contributed by atoms with Crippen molar-refractivity contribution >= 4 is 0 Å². The molecule has 1 fully saturated rings. The first kappa shape index (κ1) is 23.7. The van der Waals surface area contributed by atoms with Crippen molar-refractivity contribution in [3.8, 4) is 22.6 Å². The summed E-state index contributed by atoms with van der Waals surface area (Å²) in [5, 5.41) is 8.93. The van der Waals surface area contributed by atoms with E-state index in [4.69, 9.17) is 4.98 Å². The molecule has 0 saturated heterocycles. The minimum atomic E-state index is -0.647. The summed E-state index contributed by atoms with van der Waals surface area (Å²) in [7, 11) is 0. The van der Waals surface area contributed by atoms with Crippen LogP contribution in [0.2, 0.25) is 0 Å². The fraction of sp³-hybridized carbons (Fsp3) is 0.379. The molecule has 6 nitrogen and oxygen atoms in total. The second-order valence-electron chi connectivity index (χ2n) is 11.7. The Labute approximate surface area is 214 Å². The van der Waals surface area contributed by atoms with Crippen molar-refractivity contribution < 1.29 is 8.78 Å². The number of rotatable bonds is 3. The van der Waals surface area contributed by atoms with Gasteiger partial charge in [0.05, 0.1) is 33.6 Å². The van der Waals surface area contributed by atoms with Crippen molar-refractivity contribution in [1.29, 1.82) is 0 Å². The van der Waals surface area contributed by atoms with Crippen molar-refractivity contribution in [2.45, 2.75) is 64.2 Å². The van der Waals surface area contributed by atoms with Crippen LogP contribution in [0.3, 0.4) is 0 Å². The van der Waals surface area contributed by atoms with Gasteiger partial charge in [0, 0.05) is 24.0 Å². The van der Waals surface area contributed by atoms with Crippen LogP contribution in [0.25, 0.3) is 22.6 Å². The normalized spacial score (nSPS) is 21.8. The van der Waals surface area contributed by atoms with Crippen LogP contribution < -0.4 is 0 Å². The highest BCUT2D eigenvalue weighted by molar-refractivity contribution is 5.64. The number of hydrogen-bond acceptors (Lipinski definition) is 6. The van der Waals surface area contributed by atoms with E-state index in [0.717, 1.165) is 41.2 Å². The predicted octanol–water partition coefficient (Wildman–Crippen LogP) is 6.17. The maximum Gasteiger partial charge on any atom is 0.162 e. The molecule has 37 heavy (non-hydrogen) atoms. The first-order chi connectivity index (χ1) is 17.5. The van der Waals surface area contributed by atoms with Crippen LogP contribution in [0.15, 0.2) is 48.9 Å². The van der Waals surface area contributed by atoms with Crippen LogP contribution in [0.1, 0.15) is 76.2 Å². The smallest absolute Gasteiger partial charge is 0.162 e. The Bertz CT molecular complexity index is 1510. The lowest BCUT2D eigenvalue weighted by Gasteiger charge is -2.37. The molecule has 0 N–H and O–H groups in total. The molecular formula is C29H28F2N6. The molecule has 2 aliphatic rings. The molecule has 0 unspecified atom stereocenters. The molecule has 2 bridgehead atoms. The van der Waals surface area contributed by atoms with Crippen LogP contribution in [0.4, 0.5) is 8.78 Å². The third kappa shape index (κ3) is 3.34. The number of hydrogen-bond donors (Lipinski definition) is 0. The largest absolute Gasteiger partial charge is 0.240 e. The summed E-state index contributed by atoms with van der Waals surface area (Å²) in [6, 6.07) is 7.59. The third-order valence-electron chi connectivity index (χ3n) is 8.27. The maximum absolute atomic E-state index is 14.5. The lowest BCUT2D eigenvalue weighted by atomic mass is 9.66. The molecule has 6 rings (SSSR count). The molecule has 188 valence electrons. The minimum Gasteiger partial charge on any atom is -0.240 e. The van der Waals surface area contributed by atoms with Gasteiger partial charge in [0.25, 0.3) is 0 Å². The monoisotopic (exact) mass is 498 g/mol. The van der Waals surface area contributed by atoms with Gasteiger partial charge in [-0.1, -0.05) is 40.7 Å². The van der Waals surface area contributed by atoms with Gasteiger partial charge in [-0.05, 0) is 54.0 Å². The van der Waals surface area contributed by atoms with E-state index in [1.165, 1.54) is 18.2 Å². The van der Waals surface area contributed by atoms with Crippen LogP contribution >= 0.6 is 0 Å². The number of nitrogens with zero attached hydrogens (tertiary/aromatic N) is 6. The molecule has 0 radical (unpaired) electrons. The Hall–Kier alpha value is -3.68. The Morgan fingerprint density at radius 1 is 0.946 bits per heavy atom. The summed E-state index contributed by atoms with van der Waals surface area (Å²) >= 11 is 0. The Morgan fingerprint density at radius 3 is 2.32 bits per heavy atom. The zero-order valence-electron chi connectivity index (χ0n) is 21.5. The average molecular weight is 499 g/mol. The molecule has 2 atom stereocenters. The SMILES string of the molecule is CC(C)(C)c1ncc(-c2nccc([C@@]34CC[C@@H](c5cc(-c6c(F)cccc6F)nnc53)C4(C)C)n2)cn1. The molecule has 0 spiro atoms. The highest BCUT2D eigenvalue weighted by atomic mass is 19.1. The topological polar surface area (TPSA) is 77.3 Å². The second-order valence-corrected chi connectivity index (χ2v) is 11.7. The van der Waals surface area contributed by atoms with Gasteiger partial charge in [0.2, 0.25) is 0 Å². The first-order valence-electron chi connectivity index (χ1n) is 12.5. The summed E-state index contributed by atoms with van der Waals surface area (Å²) < 4.78 is 29.1. The van der Waals surface area contributed by atoms with E-state index in [1.807, 2.05) is 12.1 Å². The van der Waals surface area contributed by atoms with E-state index in [2.05, 4.69) is 59.8 Å². The van der Waals surface area contributed by atoms with Gasteiger partial charge in [-0.25, -0.2) is 28.7 Å². The standard InChI is InChI=1S/C29H28F2N6/c1-27(2,3)26-33-14-16(15-34-26)25-32-12-10-22(35-25)29-11-9-18(28(29,4)5)17-13-21(36-37-24(17)29)23-19(30)7-6-8-20(23)31/h6-8,10,12-15,18H,9,11H2,1-5H3/t18-,29-/m0/s1. The summed E-state index contributed by atoms with van der Waals surface area (Å²) in [5.74, 6) is 0.184. The summed E-state index contributed by atoms with van der Waals surface area (Å²) in [4.78, 5) is 18.6. The maximum atomic E-state index is 14.5. The van der Waals surface area contributed by atoms with E-state index in [-0.39, 0.29) is 28.0 Å². The fourth-order valence-electron chi connectivity index (χ4n) is 6.32. The van der Waals surface area contributed by atoms with Gasteiger partial charge in [0.1, 0.15) is 17.5 Å². The molecule has 4 aromatic rings. The number of halogens is 2. The predicted molar refractivity (Wildman–Crippen MR) is 136 cm³/mol. The van der Waals surface area contributed by atoms with Gasteiger partial charge in [-0.15, -0.1) is 5.10 Å². The lowest BCUT2D eigenvalue weighted by molar-refractivity contribution is 0.243. The molecule has 3 aromatic heterocycles. The van der Waals surface area contributed by atoms with Gasteiger partial charge in [-0.3, -0.25) is 0 Å². The Morgan fingerprint density at radius 2 is 1.65 bits per heavy atom. The van der Waals surface area contributed by atoms with E-state index >= 15 is 0 Å². The zero-order chi connectivity index (χ0) is 26.2. The number of aromatic nitrogens is 6. The quantitative estimate of drug-likeness (QED) is 0.336. The van der Waals surface area contributed by atoms with E-state index < -0.39 is 17.0 Å². The van der Waals surface area contributed by atoms with Gasteiger partial charge in [0.15, 0.2) is 5.82 Å². The Balaban J connectivity index is 1.46. The number of fused-ring (bicyclic) bond motifs is 5. The van der Waals surface area contributed by atoms with Crippen LogP contribution in [-0.4, -0.2) is 30.1 Å². The van der Waals surface area contributed by atoms with Gasteiger partial charge in [-0.2, -0.15) is 5.10 Å². The van der Waals surface area contributed by atoms with Crippen molar-refractivity contribution in [3.05, 3.63) is 83.3 Å². The summed E-state index contributed by atoms with van der Waals surface area (Å²) in [6.07, 6.45) is 7.08. The highest BCUT2D eigenvalue weighted by Gasteiger charge is 2.65. The van der Waals surface area contributed by atoms with Gasteiger partial charge >= 0.3 is 0 Å². The number of benzene rings is 1. The average Bonchev–Trinajstić information content (AvgIpc) is 3.24.